The summed E-state index contributed by atoms with van der Waals surface area (Å²) in [5.41, 5.74) is 4.64. The Balaban J connectivity index is 1.73. The number of aromatic nitrogens is 1. The molecule has 4 aromatic heterocycles. The Labute approximate surface area is 178 Å². The molecule has 0 spiro atoms. The molecule has 4 heterocycles. The van der Waals surface area contributed by atoms with Crippen molar-refractivity contribution < 1.29 is 14.6 Å². The molecule has 8 rings (SSSR count). The standard InChI is InChI=1S/C26H13NO3S/c28-14-6-5-12-11-20-17(10-13(12)9-14)24-26(31-20)16-7-8-18(29)21-22(16)27(24)23-15-3-1-2-4-19(15)30-25(21)23/h1-11,28-29H. The lowest BCUT2D eigenvalue weighted by molar-refractivity contribution is 0.476. The number of rotatable bonds is 0. The van der Waals surface area contributed by atoms with Crippen LogP contribution in [0.2, 0.25) is 0 Å². The van der Waals surface area contributed by atoms with Crippen LogP contribution >= 0.6 is 11.3 Å². The van der Waals surface area contributed by atoms with Crippen LogP contribution in [0.3, 0.4) is 0 Å². The summed E-state index contributed by atoms with van der Waals surface area (Å²) in [5, 5.41) is 26.9. The second-order valence-corrected chi connectivity index (χ2v) is 9.18. The summed E-state index contributed by atoms with van der Waals surface area (Å²) < 4.78 is 10.9. The number of hydrogen-bond donors (Lipinski definition) is 2. The molecule has 8 aromatic rings. The average molecular weight is 419 g/mol. The molecule has 0 atom stereocenters. The molecule has 5 heteroatoms. The molecule has 0 fully saturated rings. The molecule has 4 aromatic carbocycles. The highest BCUT2D eigenvalue weighted by atomic mass is 32.1. The third kappa shape index (κ3) is 1.74. The number of fused-ring (bicyclic) bond motifs is 11. The first-order valence-electron chi connectivity index (χ1n) is 10.1. The molecule has 0 unspecified atom stereocenters. The molecule has 31 heavy (non-hydrogen) atoms. The van der Waals surface area contributed by atoms with Gasteiger partial charge < -0.3 is 19.0 Å². The van der Waals surface area contributed by atoms with E-state index in [1.54, 1.807) is 29.5 Å². The van der Waals surface area contributed by atoms with Crippen molar-refractivity contribution in [3.8, 4) is 11.5 Å². The van der Waals surface area contributed by atoms with Crippen LogP contribution in [0, 0.1) is 0 Å². The van der Waals surface area contributed by atoms with Crippen LogP contribution in [0.15, 0.2) is 71.1 Å². The number of furan rings is 1. The van der Waals surface area contributed by atoms with Crippen molar-refractivity contribution in [2.24, 2.45) is 0 Å². The van der Waals surface area contributed by atoms with Crippen LogP contribution in [0.25, 0.3) is 69.4 Å². The van der Waals surface area contributed by atoms with Crippen molar-refractivity contribution in [3.05, 3.63) is 66.7 Å². The highest BCUT2D eigenvalue weighted by Gasteiger charge is 2.26. The predicted octanol–water partition coefficient (Wildman–Crippen LogP) is 7.36. The normalized spacial score (nSPS) is 12.8. The smallest absolute Gasteiger partial charge is 0.165 e. The van der Waals surface area contributed by atoms with Crippen molar-refractivity contribution in [3.63, 3.8) is 0 Å². The van der Waals surface area contributed by atoms with E-state index >= 15 is 0 Å². The van der Waals surface area contributed by atoms with Crippen LogP contribution in [0.5, 0.6) is 11.5 Å². The molecule has 2 N–H and O–H groups in total. The van der Waals surface area contributed by atoms with E-state index in [9.17, 15) is 10.2 Å². The van der Waals surface area contributed by atoms with Gasteiger partial charge >= 0.3 is 0 Å². The summed E-state index contributed by atoms with van der Waals surface area (Å²) in [6, 6.07) is 21.6. The third-order valence-corrected chi connectivity index (χ3v) is 7.65. The van der Waals surface area contributed by atoms with Gasteiger partial charge in [-0.15, -0.1) is 11.3 Å². The van der Waals surface area contributed by atoms with Crippen molar-refractivity contribution in [1.29, 1.82) is 0 Å². The number of thiophene rings is 1. The van der Waals surface area contributed by atoms with Gasteiger partial charge in [0.25, 0.3) is 0 Å². The summed E-state index contributed by atoms with van der Waals surface area (Å²) in [6.07, 6.45) is 0. The van der Waals surface area contributed by atoms with Gasteiger partial charge in [-0.1, -0.05) is 18.2 Å². The molecule has 0 radical (unpaired) electrons. The van der Waals surface area contributed by atoms with E-state index in [1.807, 2.05) is 30.3 Å². The minimum Gasteiger partial charge on any atom is -0.508 e. The number of nitrogens with zero attached hydrogens (tertiary/aromatic N) is 1. The summed E-state index contributed by atoms with van der Waals surface area (Å²) in [5.74, 6) is 0.495. The average Bonchev–Trinajstić information content (AvgIpc) is 3.47. The van der Waals surface area contributed by atoms with Gasteiger partial charge in [0.05, 0.1) is 21.1 Å². The Hall–Kier alpha value is -3.96. The molecule has 0 saturated heterocycles. The minimum atomic E-state index is 0.233. The van der Waals surface area contributed by atoms with Gasteiger partial charge in [-0.05, 0) is 59.3 Å². The second kappa shape index (κ2) is 5.02. The van der Waals surface area contributed by atoms with Gasteiger partial charge in [0, 0.05) is 20.9 Å². The summed E-state index contributed by atoms with van der Waals surface area (Å²) in [7, 11) is 0. The van der Waals surface area contributed by atoms with Gasteiger partial charge in [0.1, 0.15) is 22.6 Å². The summed E-state index contributed by atoms with van der Waals surface area (Å²) in [4.78, 5) is 0. The van der Waals surface area contributed by atoms with Gasteiger partial charge in [-0.2, -0.15) is 0 Å². The number of hydrogen-bond acceptors (Lipinski definition) is 4. The highest BCUT2D eigenvalue weighted by molar-refractivity contribution is 7.26. The molecule has 0 aliphatic carbocycles. The molecular formula is C26H13NO3S. The quantitative estimate of drug-likeness (QED) is 0.270. The van der Waals surface area contributed by atoms with Crippen LogP contribution in [-0.2, 0) is 0 Å². The Morgan fingerprint density at radius 2 is 1.65 bits per heavy atom. The van der Waals surface area contributed by atoms with Crippen LogP contribution in [-0.4, -0.2) is 14.6 Å². The van der Waals surface area contributed by atoms with Crippen LogP contribution in [0.1, 0.15) is 0 Å². The van der Waals surface area contributed by atoms with E-state index in [1.165, 1.54) is 9.40 Å². The summed E-state index contributed by atoms with van der Waals surface area (Å²) in [6.45, 7) is 0. The SMILES string of the molecule is Oc1ccc2cc3sc4c5ccc(O)c6c7oc8ccccc8c7n(c4c3cc2c1)c56. The van der Waals surface area contributed by atoms with Crippen molar-refractivity contribution in [1.82, 2.24) is 4.40 Å². The molecule has 0 amide bonds. The van der Waals surface area contributed by atoms with Crippen molar-refractivity contribution in [2.75, 3.05) is 0 Å². The van der Waals surface area contributed by atoms with Gasteiger partial charge in [0.2, 0.25) is 0 Å². The number of phenols is 2. The van der Waals surface area contributed by atoms with E-state index in [-0.39, 0.29) is 11.5 Å². The van der Waals surface area contributed by atoms with E-state index in [0.29, 0.717) is 0 Å². The molecule has 146 valence electrons. The lowest BCUT2D eigenvalue weighted by Crippen LogP contribution is -1.80. The molecule has 0 aliphatic rings. The maximum atomic E-state index is 10.8. The Morgan fingerprint density at radius 3 is 2.58 bits per heavy atom. The largest absolute Gasteiger partial charge is 0.508 e. The zero-order valence-corrected chi connectivity index (χ0v) is 16.8. The maximum Gasteiger partial charge on any atom is 0.165 e. The zero-order valence-electron chi connectivity index (χ0n) is 16.0. The van der Waals surface area contributed by atoms with Crippen LogP contribution in [0.4, 0.5) is 0 Å². The zero-order chi connectivity index (χ0) is 20.4. The van der Waals surface area contributed by atoms with Crippen molar-refractivity contribution in [2.45, 2.75) is 0 Å². The molecule has 0 bridgehead atoms. The van der Waals surface area contributed by atoms with E-state index < -0.39 is 0 Å². The fraction of sp³-hybridized carbons (Fsp3) is 0. The molecule has 0 aliphatic heterocycles. The van der Waals surface area contributed by atoms with Gasteiger partial charge in [-0.25, -0.2) is 0 Å². The van der Waals surface area contributed by atoms with Gasteiger partial charge in [-0.3, -0.25) is 0 Å². The number of aromatic hydroxyl groups is 2. The fourth-order valence-corrected chi connectivity index (χ4v) is 6.44. The molecular weight excluding hydrogens is 406 g/mol. The predicted molar refractivity (Wildman–Crippen MR) is 127 cm³/mol. The number of benzene rings is 4. The maximum absolute atomic E-state index is 10.8. The van der Waals surface area contributed by atoms with Crippen molar-refractivity contribution >= 4 is 80.8 Å². The van der Waals surface area contributed by atoms with E-state index in [0.717, 1.165) is 60.0 Å². The fourth-order valence-electron chi connectivity index (χ4n) is 5.20. The first-order chi connectivity index (χ1) is 15.2. The highest BCUT2D eigenvalue weighted by Crippen LogP contribution is 2.50. The van der Waals surface area contributed by atoms with Gasteiger partial charge in [0.15, 0.2) is 5.58 Å². The second-order valence-electron chi connectivity index (χ2n) is 8.13. The Kier molecular flexibility index (Phi) is 2.56. The first-order valence-corrected chi connectivity index (χ1v) is 10.9. The first kappa shape index (κ1) is 15.8. The molecule has 0 saturated carbocycles. The number of phenolic OH excluding ortho intramolecular Hbond substituents is 2. The number of para-hydroxylation sites is 1. The summed E-state index contributed by atoms with van der Waals surface area (Å²) >= 11 is 1.77. The Bertz CT molecular complexity index is 2020. The molecule has 4 nitrogen and oxygen atoms in total. The van der Waals surface area contributed by atoms with Crippen LogP contribution < -0.4 is 0 Å². The lowest BCUT2D eigenvalue weighted by atomic mass is 10.1. The topological polar surface area (TPSA) is 58.0 Å². The lowest BCUT2D eigenvalue weighted by Gasteiger charge is -2.01. The van der Waals surface area contributed by atoms with E-state index in [4.69, 9.17) is 4.42 Å². The minimum absolute atomic E-state index is 0.233. The Morgan fingerprint density at radius 1 is 0.742 bits per heavy atom. The third-order valence-electron chi connectivity index (χ3n) is 6.47. The van der Waals surface area contributed by atoms with E-state index in [2.05, 4.69) is 22.6 Å². The monoisotopic (exact) mass is 419 g/mol.